The van der Waals surface area contributed by atoms with Crippen LogP contribution in [0.3, 0.4) is 0 Å². The van der Waals surface area contributed by atoms with Gasteiger partial charge in [-0.05, 0) is 81.3 Å². The molecule has 0 fully saturated rings. The number of aryl methyl sites for hydroxylation is 1. The van der Waals surface area contributed by atoms with Crippen molar-refractivity contribution in [3.63, 3.8) is 0 Å². The maximum atomic E-state index is 13.9. The number of ketones is 1. The van der Waals surface area contributed by atoms with Crippen LogP contribution in [0.25, 0.3) is 10.8 Å². The third-order valence-corrected chi connectivity index (χ3v) is 7.34. The molecule has 1 heterocycles. The number of alkyl carbamates (subject to hydrolysis) is 1. The fourth-order valence-electron chi connectivity index (χ4n) is 4.39. The van der Waals surface area contributed by atoms with E-state index < -0.39 is 40.7 Å². The number of aromatic nitrogens is 1. The van der Waals surface area contributed by atoms with Gasteiger partial charge in [0.15, 0.2) is 0 Å². The summed E-state index contributed by atoms with van der Waals surface area (Å²) in [5.74, 6) is -1.54. The largest absolute Gasteiger partial charge is 0.449 e. The maximum Gasteiger partial charge on any atom is 0.412 e. The van der Waals surface area contributed by atoms with E-state index in [1.54, 1.807) is 39.8 Å². The Morgan fingerprint density at radius 1 is 0.933 bits per heavy atom. The fraction of sp³-hybridized carbons (Fsp3) is 0.406. The first-order chi connectivity index (χ1) is 21.1. The number of nitrogens with one attached hydrogen (secondary N) is 3. The van der Waals surface area contributed by atoms with Crippen molar-refractivity contribution in [1.29, 1.82) is 0 Å². The van der Waals surface area contributed by atoms with Crippen LogP contribution in [0, 0.1) is 17.0 Å². The topological polar surface area (TPSA) is 136 Å². The summed E-state index contributed by atoms with van der Waals surface area (Å²) in [6.45, 7) is 6.39. The first-order valence-corrected chi connectivity index (χ1v) is 14.7. The van der Waals surface area contributed by atoms with E-state index in [2.05, 4.69) is 20.9 Å². The summed E-state index contributed by atoms with van der Waals surface area (Å²) in [6, 6.07) is 10.1. The van der Waals surface area contributed by atoms with E-state index in [4.69, 9.17) is 21.1 Å². The molecule has 1 atom stereocenters. The number of rotatable bonds is 13. The molecule has 13 heteroatoms. The van der Waals surface area contributed by atoms with Crippen molar-refractivity contribution in [1.82, 2.24) is 15.6 Å². The number of benzene rings is 2. The lowest BCUT2D eigenvalue weighted by atomic mass is 9.77. The molecule has 3 amide bonds. The molecule has 3 aromatic rings. The van der Waals surface area contributed by atoms with Gasteiger partial charge in [0.1, 0.15) is 28.8 Å². The van der Waals surface area contributed by atoms with Gasteiger partial charge in [-0.1, -0.05) is 30.7 Å². The minimum absolute atomic E-state index is 0.0254. The van der Waals surface area contributed by atoms with Gasteiger partial charge in [-0.25, -0.2) is 23.4 Å². The first-order valence-electron chi connectivity index (χ1n) is 14.3. The number of ether oxygens (including phenoxy) is 2. The van der Waals surface area contributed by atoms with Crippen molar-refractivity contribution in [2.45, 2.75) is 59.0 Å². The quantitative estimate of drug-likeness (QED) is 0.197. The number of carbonyl (C=O) groups excluding carboxylic acids is 4. The second-order valence-electron chi connectivity index (χ2n) is 11.7. The summed E-state index contributed by atoms with van der Waals surface area (Å²) in [4.78, 5) is 54.2. The number of pyridine rings is 1. The van der Waals surface area contributed by atoms with Crippen molar-refractivity contribution < 1.29 is 37.4 Å². The minimum atomic E-state index is -1.05. The van der Waals surface area contributed by atoms with E-state index in [1.807, 2.05) is 0 Å². The monoisotopic (exact) mass is 646 g/mol. The second-order valence-corrected chi connectivity index (χ2v) is 12.1. The number of hydrogen-bond donors (Lipinski definition) is 3. The van der Waals surface area contributed by atoms with Crippen LogP contribution < -0.4 is 16.0 Å². The predicted molar refractivity (Wildman–Crippen MR) is 166 cm³/mol. The molecule has 1 unspecified atom stereocenters. The molecule has 0 saturated carbocycles. The second kappa shape index (κ2) is 15.6. The van der Waals surface area contributed by atoms with Gasteiger partial charge in [0, 0.05) is 30.0 Å². The van der Waals surface area contributed by atoms with Gasteiger partial charge in [-0.15, -0.1) is 0 Å². The van der Waals surface area contributed by atoms with Crippen LogP contribution in [0.5, 0.6) is 0 Å². The van der Waals surface area contributed by atoms with E-state index >= 15 is 0 Å². The molecule has 0 saturated heterocycles. The number of halogens is 3. The lowest BCUT2D eigenvalue weighted by Crippen LogP contribution is -2.41. The summed E-state index contributed by atoms with van der Waals surface area (Å²) in [5.41, 5.74) is -1.29. The Labute approximate surface area is 265 Å². The summed E-state index contributed by atoms with van der Waals surface area (Å²) in [6.07, 6.45) is 0.436. The van der Waals surface area contributed by atoms with Crippen molar-refractivity contribution in [3.8, 4) is 0 Å². The molecule has 0 aliphatic heterocycles. The third kappa shape index (κ3) is 11.3. The highest BCUT2D eigenvalue weighted by molar-refractivity contribution is 6.31. The van der Waals surface area contributed by atoms with E-state index in [1.165, 1.54) is 36.5 Å². The highest BCUT2D eigenvalue weighted by Crippen LogP contribution is 2.30. The minimum Gasteiger partial charge on any atom is -0.449 e. The van der Waals surface area contributed by atoms with Crippen molar-refractivity contribution in [2.75, 3.05) is 25.0 Å². The summed E-state index contributed by atoms with van der Waals surface area (Å²) < 4.78 is 37.9. The zero-order valence-electron chi connectivity index (χ0n) is 25.6. The van der Waals surface area contributed by atoms with Gasteiger partial charge >= 0.3 is 12.2 Å². The molecular weight excluding hydrogens is 610 g/mol. The highest BCUT2D eigenvalue weighted by Gasteiger charge is 2.33. The molecule has 0 aliphatic carbocycles. The Kier molecular flexibility index (Phi) is 12.2. The van der Waals surface area contributed by atoms with Crippen LogP contribution in [0.15, 0.2) is 48.7 Å². The van der Waals surface area contributed by atoms with Crippen LogP contribution in [-0.2, 0) is 25.5 Å². The zero-order chi connectivity index (χ0) is 33.2. The number of Topliss-reactive ketones (excluding diaryl/α,β-unsaturated/α-hetero) is 1. The zero-order valence-corrected chi connectivity index (χ0v) is 26.4. The number of amides is 3. The maximum absolute atomic E-state index is 13.9. The number of nitrogens with zero attached hydrogens (tertiary/aromatic N) is 1. The molecule has 3 rings (SSSR count). The third-order valence-electron chi connectivity index (χ3n) is 6.92. The molecule has 0 spiro atoms. The molecule has 45 heavy (non-hydrogen) atoms. The Balaban J connectivity index is 1.59. The normalized spacial score (nSPS) is 12.6. The van der Waals surface area contributed by atoms with E-state index in [-0.39, 0.29) is 62.0 Å². The van der Waals surface area contributed by atoms with Crippen molar-refractivity contribution in [2.24, 2.45) is 5.41 Å². The standard InChI is InChI=1S/C32H37ClF2N4O6/c1-31(2,3)45-29(42)38-19-27(41)36-14-12-32(4,25(40)11-9-20-6-5-7-24(35)28(20)33)13-15-44-30(43)39-26-17-22-16-23(34)10-8-21(22)18-37-26/h5-8,10,16-18H,9,11-15,19H2,1-4H3,(H,36,41)(H,38,42)(H,37,39,43). The Bertz CT molecular complexity index is 1550. The fourth-order valence-corrected chi connectivity index (χ4v) is 4.61. The van der Waals surface area contributed by atoms with E-state index in [9.17, 15) is 28.0 Å². The highest BCUT2D eigenvalue weighted by atomic mass is 35.5. The van der Waals surface area contributed by atoms with E-state index in [0.29, 0.717) is 16.3 Å². The Morgan fingerprint density at radius 3 is 2.42 bits per heavy atom. The number of hydrogen-bond acceptors (Lipinski definition) is 7. The van der Waals surface area contributed by atoms with Gasteiger partial charge in [-0.2, -0.15) is 0 Å². The van der Waals surface area contributed by atoms with Crippen LogP contribution in [0.4, 0.5) is 24.2 Å². The smallest absolute Gasteiger partial charge is 0.412 e. The van der Waals surface area contributed by atoms with Gasteiger partial charge in [-0.3, -0.25) is 14.9 Å². The number of fused-ring (bicyclic) bond motifs is 1. The lowest BCUT2D eigenvalue weighted by molar-refractivity contribution is -0.129. The van der Waals surface area contributed by atoms with Crippen molar-refractivity contribution in [3.05, 3.63) is 70.9 Å². The molecule has 242 valence electrons. The molecule has 0 bridgehead atoms. The molecule has 3 N–H and O–H groups in total. The molecule has 0 radical (unpaired) electrons. The van der Waals surface area contributed by atoms with Crippen LogP contribution in [0.2, 0.25) is 5.02 Å². The lowest BCUT2D eigenvalue weighted by Gasteiger charge is -2.28. The molecule has 1 aromatic heterocycles. The van der Waals surface area contributed by atoms with E-state index in [0.717, 1.165) is 0 Å². The van der Waals surface area contributed by atoms with Crippen LogP contribution in [-0.4, -0.2) is 54.2 Å². The summed E-state index contributed by atoms with van der Waals surface area (Å²) in [7, 11) is 0. The Hall–Kier alpha value is -4.32. The Morgan fingerprint density at radius 2 is 1.69 bits per heavy atom. The van der Waals surface area contributed by atoms with Gasteiger partial charge < -0.3 is 20.1 Å². The first kappa shape index (κ1) is 35.2. The average Bonchev–Trinajstić information content (AvgIpc) is 2.95. The summed E-state index contributed by atoms with van der Waals surface area (Å²) in [5, 5.41) is 8.70. The predicted octanol–water partition coefficient (Wildman–Crippen LogP) is 6.34. The van der Waals surface area contributed by atoms with Crippen molar-refractivity contribution >= 4 is 52.1 Å². The van der Waals surface area contributed by atoms with Gasteiger partial charge in [0.2, 0.25) is 5.91 Å². The van der Waals surface area contributed by atoms with Gasteiger partial charge in [0.25, 0.3) is 0 Å². The molecule has 2 aromatic carbocycles. The molecule has 0 aliphatic rings. The summed E-state index contributed by atoms with van der Waals surface area (Å²) >= 11 is 6.06. The number of carbonyl (C=O) groups is 4. The molecule has 10 nitrogen and oxygen atoms in total. The van der Waals surface area contributed by atoms with Gasteiger partial charge in [0.05, 0.1) is 18.2 Å². The molecular formula is C32H37ClF2N4O6. The van der Waals surface area contributed by atoms with Crippen LogP contribution >= 0.6 is 11.6 Å². The number of anilines is 1. The van der Waals surface area contributed by atoms with Crippen LogP contribution in [0.1, 0.15) is 52.5 Å². The average molecular weight is 647 g/mol. The SMILES string of the molecule is CC(C)(C)OC(=O)NCC(=O)NCCC(C)(CCOC(=O)Nc1cc2cc(F)ccc2cn1)C(=O)CCc1cccc(F)c1Cl.